The maximum Gasteiger partial charge on any atom is 0.294 e. The molecule has 0 bridgehead atoms. The molecule has 174 valence electrons. The fourth-order valence-corrected chi connectivity index (χ4v) is 5.20. The van der Waals surface area contributed by atoms with Crippen LogP contribution < -0.4 is 4.90 Å². The molecule has 3 aromatic carbocycles. The van der Waals surface area contributed by atoms with Gasteiger partial charge in [0.15, 0.2) is 5.76 Å². The molecule has 1 amide bonds. The number of phenols is 1. The van der Waals surface area contributed by atoms with Crippen molar-refractivity contribution in [1.29, 1.82) is 0 Å². The van der Waals surface area contributed by atoms with Crippen molar-refractivity contribution in [3.63, 3.8) is 0 Å². The van der Waals surface area contributed by atoms with Crippen LogP contribution in [0.25, 0.3) is 10.6 Å². The molecule has 35 heavy (non-hydrogen) atoms. The Morgan fingerprint density at radius 1 is 1.00 bits per heavy atom. The number of nitrogens with zero attached hydrogens (tertiary/aromatic N) is 2. The minimum absolute atomic E-state index is 0.0762. The van der Waals surface area contributed by atoms with E-state index in [0.29, 0.717) is 16.3 Å². The molecule has 1 aliphatic rings. The van der Waals surface area contributed by atoms with Gasteiger partial charge >= 0.3 is 0 Å². The van der Waals surface area contributed by atoms with Crippen LogP contribution in [0, 0.1) is 12.7 Å². The van der Waals surface area contributed by atoms with E-state index < -0.39 is 29.3 Å². The Morgan fingerprint density at radius 3 is 2.46 bits per heavy atom. The van der Waals surface area contributed by atoms with E-state index >= 15 is 0 Å². The summed E-state index contributed by atoms with van der Waals surface area (Å²) in [6, 6.07) is 19.7. The second kappa shape index (κ2) is 8.81. The number of aliphatic hydroxyl groups excluding tert-OH is 1. The van der Waals surface area contributed by atoms with Crippen molar-refractivity contribution in [1.82, 2.24) is 4.98 Å². The van der Waals surface area contributed by atoms with Gasteiger partial charge in [-0.05, 0) is 42.8 Å². The smallest absolute Gasteiger partial charge is 0.294 e. The summed E-state index contributed by atoms with van der Waals surface area (Å²) in [5.41, 5.74) is 1.71. The summed E-state index contributed by atoms with van der Waals surface area (Å²) in [5.74, 6) is -2.76. The second-order valence-corrected chi connectivity index (χ2v) is 9.04. The van der Waals surface area contributed by atoms with Crippen LogP contribution in [0.4, 0.5) is 10.1 Å². The standard InChI is InChI=1S/C27H19FN2O4S/c1-15-25(35-26(29-15)16-7-3-2-4-8-16)23(32)21-22(17-9-5-12-20(31)13-17)30(27(34)24(21)33)19-11-6-10-18(28)14-19/h2-14,22,31,33H,1H3. The highest BCUT2D eigenvalue weighted by molar-refractivity contribution is 7.17. The van der Waals surface area contributed by atoms with Crippen molar-refractivity contribution < 1.29 is 24.2 Å². The number of benzene rings is 3. The Bertz CT molecular complexity index is 1500. The third-order valence-corrected chi connectivity index (χ3v) is 6.95. The fourth-order valence-electron chi connectivity index (χ4n) is 4.17. The third kappa shape index (κ3) is 3.98. The zero-order chi connectivity index (χ0) is 24.7. The predicted molar refractivity (Wildman–Crippen MR) is 131 cm³/mol. The molecule has 1 unspecified atom stereocenters. The molecule has 0 spiro atoms. The molecule has 0 saturated carbocycles. The Labute approximate surface area is 204 Å². The van der Waals surface area contributed by atoms with E-state index in [2.05, 4.69) is 4.98 Å². The Kier molecular flexibility index (Phi) is 5.66. The molecule has 2 N–H and O–H groups in total. The SMILES string of the molecule is Cc1nc(-c2ccccc2)sc1C(=O)C1=C(O)C(=O)N(c2cccc(F)c2)C1c1cccc(O)c1. The van der Waals surface area contributed by atoms with Crippen LogP contribution in [0.2, 0.25) is 0 Å². The number of aromatic hydroxyl groups is 1. The number of hydrogen-bond donors (Lipinski definition) is 2. The number of carbonyl (C=O) groups is 2. The first kappa shape index (κ1) is 22.5. The Hall–Kier alpha value is -4.30. The minimum Gasteiger partial charge on any atom is -0.508 e. The lowest BCUT2D eigenvalue weighted by Crippen LogP contribution is -2.31. The highest BCUT2D eigenvalue weighted by Crippen LogP contribution is 2.43. The van der Waals surface area contributed by atoms with Gasteiger partial charge in [0.25, 0.3) is 5.91 Å². The van der Waals surface area contributed by atoms with Gasteiger partial charge in [-0.3, -0.25) is 14.5 Å². The maximum absolute atomic E-state index is 14.0. The van der Waals surface area contributed by atoms with Crippen LogP contribution in [-0.4, -0.2) is 26.9 Å². The largest absolute Gasteiger partial charge is 0.508 e. The molecule has 4 aromatic rings. The number of ketones is 1. The van der Waals surface area contributed by atoms with E-state index in [1.807, 2.05) is 30.3 Å². The lowest BCUT2D eigenvalue weighted by atomic mass is 9.94. The number of aryl methyl sites for hydroxylation is 1. The van der Waals surface area contributed by atoms with Gasteiger partial charge in [0.05, 0.1) is 22.2 Å². The summed E-state index contributed by atoms with van der Waals surface area (Å²) < 4.78 is 14.0. The number of halogens is 1. The molecule has 1 aliphatic heterocycles. The molecular formula is C27H19FN2O4S. The molecule has 2 heterocycles. The summed E-state index contributed by atoms with van der Waals surface area (Å²) in [4.78, 5) is 33.0. The van der Waals surface area contributed by atoms with Crippen molar-refractivity contribution >= 4 is 28.7 Å². The average molecular weight is 487 g/mol. The lowest BCUT2D eigenvalue weighted by Gasteiger charge is -2.27. The number of aromatic nitrogens is 1. The van der Waals surface area contributed by atoms with Gasteiger partial charge in [-0.25, -0.2) is 9.37 Å². The number of amides is 1. The summed E-state index contributed by atoms with van der Waals surface area (Å²) >= 11 is 1.17. The number of carbonyl (C=O) groups excluding carboxylic acids is 2. The molecule has 0 aliphatic carbocycles. The zero-order valence-corrected chi connectivity index (χ0v) is 19.3. The van der Waals surface area contributed by atoms with Crippen molar-refractivity contribution in [2.75, 3.05) is 4.90 Å². The number of aliphatic hydroxyl groups is 1. The van der Waals surface area contributed by atoms with Gasteiger partial charge in [0.2, 0.25) is 5.78 Å². The second-order valence-electron chi connectivity index (χ2n) is 8.04. The molecule has 0 fully saturated rings. The van der Waals surface area contributed by atoms with Crippen LogP contribution in [0.15, 0.2) is 90.2 Å². The molecule has 5 rings (SSSR count). The van der Waals surface area contributed by atoms with Crippen LogP contribution >= 0.6 is 11.3 Å². The normalized spacial score (nSPS) is 15.7. The topological polar surface area (TPSA) is 90.7 Å². The van der Waals surface area contributed by atoms with E-state index in [1.165, 1.54) is 41.7 Å². The fraction of sp³-hybridized carbons (Fsp3) is 0.0741. The van der Waals surface area contributed by atoms with Crippen LogP contribution in [0.5, 0.6) is 5.75 Å². The Balaban J connectivity index is 1.65. The first-order valence-corrected chi connectivity index (χ1v) is 11.6. The minimum atomic E-state index is -1.08. The molecule has 8 heteroatoms. The van der Waals surface area contributed by atoms with Crippen molar-refractivity contribution in [2.45, 2.75) is 13.0 Å². The number of hydrogen-bond acceptors (Lipinski definition) is 6. The van der Waals surface area contributed by atoms with E-state index in [0.717, 1.165) is 16.5 Å². The summed E-state index contributed by atoms with van der Waals surface area (Å²) in [6.07, 6.45) is 0. The van der Waals surface area contributed by atoms with E-state index in [9.17, 15) is 24.2 Å². The third-order valence-electron chi connectivity index (χ3n) is 5.75. The summed E-state index contributed by atoms with van der Waals surface area (Å²) in [7, 11) is 0. The molecule has 0 radical (unpaired) electrons. The monoisotopic (exact) mass is 486 g/mol. The highest BCUT2D eigenvalue weighted by atomic mass is 32.1. The van der Waals surface area contributed by atoms with Crippen LogP contribution in [0.1, 0.15) is 27.0 Å². The lowest BCUT2D eigenvalue weighted by molar-refractivity contribution is -0.117. The predicted octanol–water partition coefficient (Wildman–Crippen LogP) is 5.75. The molecular weight excluding hydrogens is 467 g/mol. The zero-order valence-electron chi connectivity index (χ0n) is 18.5. The number of phenolic OH excluding ortho intramolecular Hbond substituents is 1. The molecule has 1 atom stereocenters. The summed E-state index contributed by atoms with van der Waals surface area (Å²) in [5, 5.41) is 21.6. The van der Waals surface area contributed by atoms with Gasteiger partial charge < -0.3 is 10.2 Å². The summed E-state index contributed by atoms with van der Waals surface area (Å²) in [6.45, 7) is 1.69. The van der Waals surface area contributed by atoms with Crippen LogP contribution in [0.3, 0.4) is 0 Å². The number of rotatable bonds is 5. The molecule has 6 nitrogen and oxygen atoms in total. The van der Waals surface area contributed by atoms with Gasteiger partial charge in [-0.1, -0.05) is 48.5 Å². The van der Waals surface area contributed by atoms with Gasteiger partial charge in [0.1, 0.15) is 16.6 Å². The number of Topliss-reactive ketones (excluding diaryl/α,β-unsaturated/α-hetero) is 1. The van der Waals surface area contributed by atoms with Crippen molar-refractivity contribution in [2.24, 2.45) is 0 Å². The highest BCUT2D eigenvalue weighted by Gasteiger charge is 2.45. The first-order chi connectivity index (χ1) is 16.8. The number of thiazole rings is 1. The van der Waals surface area contributed by atoms with Gasteiger partial charge in [-0.2, -0.15) is 0 Å². The van der Waals surface area contributed by atoms with E-state index in [4.69, 9.17) is 0 Å². The van der Waals surface area contributed by atoms with Gasteiger partial charge in [-0.15, -0.1) is 11.3 Å². The van der Waals surface area contributed by atoms with E-state index in [1.54, 1.807) is 19.1 Å². The van der Waals surface area contributed by atoms with Crippen molar-refractivity contribution in [3.8, 4) is 16.3 Å². The average Bonchev–Trinajstić information content (AvgIpc) is 3.37. The quantitative estimate of drug-likeness (QED) is 0.351. The van der Waals surface area contributed by atoms with Crippen LogP contribution in [-0.2, 0) is 4.79 Å². The number of anilines is 1. The maximum atomic E-state index is 14.0. The van der Waals surface area contributed by atoms with E-state index in [-0.39, 0.29) is 21.9 Å². The van der Waals surface area contributed by atoms with Gasteiger partial charge in [0, 0.05) is 11.3 Å². The molecule has 0 saturated heterocycles. The Morgan fingerprint density at radius 2 is 1.74 bits per heavy atom. The molecule has 1 aromatic heterocycles. The van der Waals surface area contributed by atoms with Crippen molar-refractivity contribution in [3.05, 3.63) is 112 Å². The first-order valence-electron chi connectivity index (χ1n) is 10.7.